The van der Waals surface area contributed by atoms with E-state index in [1.165, 1.54) is 26.2 Å². The Balaban J connectivity index is 1.66. The standard InChI is InChI=1S/C14H24N4/c1-13(14-5-3-4-6-16-14)15-7-8-18-11-9-17(2)10-12-18/h3-6,13,15H,7-12H2,1-2H3/t13-/m1/s1. The molecule has 2 rings (SSSR count). The van der Waals surface area contributed by atoms with Crippen LogP contribution in [-0.4, -0.2) is 61.1 Å². The summed E-state index contributed by atoms with van der Waals surface area (Å²) in [6.07, 6.45) is 1.86. The van der Waals surface area contributed by atoms with Crippen LogP contribution in [0.5, 0.6) is 0 Å². The van der Waals surface area contributed by atoms with Gasteiger partial charge < -0.3 is 10.2 Å². The van der Waals surface area contributed by atoms with Gasteiger partial charge in [-0.15, -0.1) is 0 Å². The highest BCUT2D eigenvalue weighted by Crippen LogP contribution is 2.07. The molecule has 100 valence electrons. The molecular formula is C14H24N4. The third-order valence-electron chi connectivity index (χ3n) is 3.61. The van der Waals surface area contributed by atoms with Crippen LogP contribution in [0.15, 0.2) is 24.4 Å². The largest absolute Gasteiger partial charge is 0.308 e. The van der Waals surface area contributed by atoms with E-state index >= 15 is 0 Å². The lowest BCUT2D eigenvalue weighted by Gasteiger charge is -2.32. The van der Waals surface area contributed by atoms with Crippen molar-refractivity contribution in [3.8, 4) is 0 Å². The second-order valence-corrected chi connectivity index (χ2v) is 5.08. The number of nitrogens with one attached hydrogen (secondary N) is 1. The molecule has 1 aliphatic rings. The van der Waals surface area contributed by atoms with Crippen LogP contribution in [0.2, 0.25) is 0 Å². The van der Waals surface area contributed by atoms with Crippen LogP contribution in [-0.2, 0) is 0 Å². The van der Waals surface area contributed by atoms with Crippen molar-refractivity contribution in [3.05, 3.63) is 30.1 Å². The molecule has 1 aromatic heterocycles. The van der Waals surface area contributed by atoms with E-state index < -0.39 is 0 Å². The Labute approximate surface area is 110 Å². The van der Waals surface area contributed by atoms with Gasteiger partial charge in [-0.25, -0.2) is 0 Å². The fourth-order valence-electron chi connectivity index (χ4n) is 2.25. The predicted octanol–water partition coefficient (Wildman–Crippen LogP) is 0.980. The van der Waals surface area contributed by atoms with Crippen LogP contribution in [0.1, 0.15) is 18.7 Å². The van der Waals surface area contributed by atoms with E-state index in [1.807, 2.05) is 18.3 Å². The van der Waals surface area contributed by atoms with Crippen LogP contribution >= 0.6 is 0 Å². The fourth-order valence-corrected chi connectivity index (χ4v) is 2.25. The molecule has 1 atom stereocenters. The molecule has 0 unspecified atom stereocenters. The van der Waals surface area contributed by atoms with E-state index in [4.69, 9.17) is 0 Å². The number of aromatic nitrogens is 1. The zero-order valence-electron chi connectivity index (χ0n) is 11.5. The summed E-state index contributed by atoms with van der Waals surface area (Å²) in [4.78, 5) is 9.29. The van der Waals surface area contributed by atoms with E-state index in [2.05, 4.69) is 40.1 Å². The highest BCUT2D eigenvalue weighted by Gasteiger charge is 2.13. The van der Waals surface area contributed by atoms with E-state index in [9.17, 15) is 0 Å². The molecule has 1 aromatic rings. The first-order valence-electron chi connectivity index (χ1n) is 6.81. The van der Waals surface area contributed by atoms with Gasteiger partial charge in [0.05, 0.1) is 5.69 Å². The number of rotatable bonds is 5. The summed E-state index contributed by atoms with van der Waals surface area (Å²) in [5.74, 6) is 0. The van der Waals surface area contributed by atoms with Crippen LogP contribution in [0.3, 0.4) is 0 Å². The van der Waals surface area contributed by atoms with Gasteiger partial charge in [0.2, 0.25) is 0 Å². The van der Waals surface area contributed by atoms with Gasteiger partial charge in [0.25, 0.3) is 0 Å². The maximum Gasteiger partial charge on any atom is 0.0570 e. The van der Waals surface area contributed by atoms with E-state index in [-0.39, 0.29) is 0 Å². The van der Waals surface area contributed by atoms with Crippen molar-refractivity contribution in [2.24, 2.45) is 0 Å². The lowest BCUT2D eigenvalue weighted by atomic mass is 10.2. The minimum absolute atomic E-state index is 0.332. The first-order chi connectivity index (χ1) is 8.75. The third-order valence-corrected chi connectivity index (χ3v) is 3.61. The van der Waals surface area contributed by atoms with Gasteiger partial charge in [-0.3, -0.25) is 9.88 Å². The maximum absolute atomic E-state index is 4.37. The van der Waals surface area contributed by atoms with Crippen molar-refractivity contribution in [1.82, 2.24) is 20.1 Å². The van der Waals surface area contributed by atoms with Gasteiger partial charge in [0, 0.05) is 51.5 Å². The molecule has 18 heavy (non-hydrogen) atoms. The Morgan fingerprint density at radius 3 is 2.72 bits per heavy atom. The Morgan fingerprint density at radius 2 is 2.06 bits per heavy atom. The SMILES string of the molecule is C[C@@H](NCCN1CCN(C)CC1)c1ccccn1. The topological polar surface area (TPSA) is 31.4 Å². The summed E-state index contributed by atoms with van der Waals surface area (Å²) in [7, 11) is 2.19. The second kappa shape index (κ2) is 6.83. The molecule has 0 spiro atoms. The molecule has 1 saturated heterocycles. The average molecular weight is 248 g/mol. The first-order valence-corrected chi connectivity index (χ1v) is 6.81. The number of piperazine rings is 1. The predicted molar refractivity (Wildman–Crippen MR) is 74.6 cm³/mol. The zero-order valence-corrected chi connectivity index (χ0v) is 11.5. The lowest BCUT2D eigenvalue weighted by molar-refractivity contribution is 0.154. The van der Waals surface area contributed by atoms with E-state index in [1.54, 1.807) is 0 Å². The Bertz CT molecular complexity index is 333. The second-order valence-electron chi connectivity index (χ2n) is 5.08. The molecule has 0 saturated carbocycles. The van der Waals surface area contributed by atoms with Crippen LogP contribution in [0, 0.1) is 0 Å². The molecule has 0 aliphatic carbocycles. The van der Waals surface area contributed by atoms with Crippen LogP contribution < -0.4 is 5.32 Å². The lowest BCUT2D eigenvalue weighted by Crippen LogP contribution is -2.46. The van der Waals surface area contributed by atoms with E-state index in [0.29, 0.717) is 6.04 Å². The molecule has 0 radical (unpaired) electrons. The number of pyridine rings is 1. The molecule has 0 amide bonds. The summed E-state index contributed by atoms with van der Waals surface area (Å²) in [6, 6.07) is 6.41. The summed E-state index contributed by atoms with van der Waals surface area (Å²) in [6.45, 7) is 9.09. The molecular weight excluding hydrogens is 224 g/mol. The van der Waals surface area contributed by atoms with Crippen LogP contribution in [0.4, 0.5) is 0 Å². The molecule has 0 aromatic carbocycles. The smallest absolute Gasteiger partial charge is 0.0570 e. The van der Waals surface area contributed by atoms with Crippen LogP contribution in [0.25, 0.3) is 0 Å². The number of hydrogen-bond acceptors (Lipinski definition) is 4. The summed E-state index contributed by atoms with van der Waals surface area (Å²) in [5, 5.41) is 3.54. The monoisotopic (exact) mass is 248 g/mol. The number of nitrogens with zero attached hydrogens (tertiary/aromatic N) is 3. The number of hydrogen-bond donors (Lipinski definition) is 1. The average Bonchev–Trinajstić information content (AvgIpc) is 2.42. The minimum atomic E-state index is 0.332. The van der Waals surface area contributed by atoms with Crippen molar-refractivity contribution < 1.29 is 0 Å². The molecule has 4 heteroatoms. The first kappa shape index (κ1) is 13.5. The van der Waals surface area contributed by atoms with Gasteiger partial charge in [-0.2, -0.15) is 0 Å². The molecule has 1 fully saturated rings. The summed E-state index contributed by atoms with van der Waals surface area (Å²) >= 11 is 0. The summed E-state index contributed by atoms with van der Waals surface area (Å²) in [5.41, 5.74) is 1.12. The quantitative estimate of drug-likeness (QED) is 0.842. The van der Waals surface area contributed by atoms with Gasteiger partial charge >= 0.3 is 0 Å². The number of likely N-dealkylation sites (N-methyl/N-ethyl adjacent to an activating group) is 1. The van der Waals surface area contributed by atoms with E-state index in [0.717, 1.165) is 18.8 Å². The maximum atomic E-state index is 4.37. The van der Waals surface area contributed by atoms with Gasteiger partial charge in [-0.1, -0.05) is 6.07 Å². The highest BCUT2D eigenvalue weighted by molar-refractivity contribution is 5.07. The van der Waals surface area contributed by atoms with Gasteiger partial charge in [-0.05, 0) is 26.1 Å². The Kier molecular flexibility index (Phi) is 5.11. The van der Waals surface area contributed by atoms with Crippen molar-refractivity contribution >= 4 is 0 Å². The Hall–Kier alpha value is -0.970. The van der Waals surface area contributed by atoms with Crippen molar-refractivity contribution in [1.29, 1.82) is 0 Å². The molecule has 4 nitrogen and oxygen atoms in total. The zero-order chi connectivity index (χ0) is 12.8. The van der Waals surface area contributed by atoms with Crippen molar-refractivity contribution in [2.75, 3.05) is 46.3 Å². The molecule has 1 aliphatic heterocycles. The molecule has 2 heterocycles. The van der Waals surface area contributed by atoms with Gasteiger partial charge in [0.1, 0.15) is 0 Å². The molecule has 0 bridgehead atoms. The minimum Gasteiger partial charge on any atom is -0.308 e. The highest BCUT2D eigenvalue weighted by atomic mass is 15.2. The van der Waals surface area contributed by atoms with Gasteiger partial charge in [0.15, 0.2) is 0 Å². The fraction of sp³-hybridized carbons (Fsp3) is 0.643. The van der Waals surface area contributed by atoms with Crippen molar-refractivity contribution in [2.45, 2.75) is 13.0 Å². The third kappa shape index (κ3) is 4.05. The summed E-state index contributed by atoms with van der Waals surface area (Å²) < 4.78 is 0. The van der Waals surface area contributed by atoms with Crippen molar-refractivity contribution in [3.63, 3.8) is 0 Å². The Morgan fingerprint density at radius 1 is 1.28 bits per heavy atom. The molecule has 1 N–H and O–H groups in total. The normalized spacial score (nSPS) is 19.9.